The summed E-state index contributed by atoms with van der Waals surface area (Å²) >= 11 is 0. The van der Waals surface area contributed by atoms with Crippen LogP contribution in [0.5, 0.6) is 0 Å². The highest BCUT2D eigenvalue weighted by molar-refractivity contribution is 6.28. The first-order valence-electron chi connectivity index (χ1n) is 5.06. The minimum absolute atomic E-state index is 0.389. The molecule has 0 aromatic heterocycles. The fourth-order valence-corrected chi connectivity index (χ4v) is 1.37. The van der Waals surface area contributed by atoms with E-state index >= 15 is 0 Å². The van der Waals surface area contributed by atoms with E-state index in [9.17, 15) is 9.59 Å². The van der Waals surface area contributed by atoms with Crippen molar-refractivity contribution in [2.75, 3.05) is 6.54 Å². The highest BCUT2D eigenvalue weighted by atomic mass is 16.6. The Labute approximate surface area is 93.8 Å². The number of hydrogen-bond acceptors (Lipinski definition) is 3. The number of rotatable bonds is 2. The van der Waals surface area contributed by atoms with Gasteiger partial charge in [-0.3, -0.25) is 9.69 Å². The molecule has 1 amide bonds. The molecule has 0 aromatic carbocycles. The number of amides is 1. The standard InChI is InChI=1S/C10H15N3O3/c1-10(2,3)16-9(15)13-5-4-7(13)8(14)6-12-11/h6-7H,4-5H2,1-3H3. The third kappa shape index (κ3) is 2.90. The van der Waals surface area contributed by atoms with Crippen LogP contribution in [0.3, 0.4) is 0 Å². The Morgan fingerprint density at radius 1 is 1.50 bits per heavy atom. The Balaban J connectivity index is 2.59. The lowest BCUT2D eigenvalue weighted by Crippen LogP contribution is -2.56. The van der Waals surface area contributed by atoms with Gasteiger partial charge >= 0.3 is 12.3 Å². The minimum atomic E-state index is -0.578. The smallest absolute Gasteiger partial charge is 0.410 e. The zero-order valence-corrected chi connectivity index (χ0v) is 9.64. The first kappa shape index (κ1) is 12.4. The first-order valence-corrected chi connectivity index (χ1v) is 5.06. The van der Waals surface area contributed by atoms with Crippen LogP contribution in [0.15, 0.2) is 0 Å². The normalized spacial score (nSPS) is 19.4. The lowest BCUT2D eigenvalue weighted by atomic mass is 10.00. The zero-order chi connectivity index (χ0) is 12.3. The maximum atomic E-state index is 11.6. The van der Waals surface area contributed by atoms with E-state index in [0.717, 1.165) is 6.21 Å². The zero-order valence-electron chi connectivity index (χ0n) is 9.64. The number of carbonyl (C=O) groups excluding carboxylic acids is 2. The second-order valence-corrected chi connectivity index (χ2v) is 4.63. The van der Waals surface area contributed by atoms with Crippen LogP contribution in [0.25, 0.3) is 5.53 Å². The van der Waals surface area contributed by atoms with E-state index in [1.54, 1.807) is 20.8 Å². The van der Waals surface area contributed by atoms with Gasteiger partial charge in [-0.2, -0.15) is 4.79 Å². The van der Waals surface area contributed by atoms with Gasteiger partial charge in [0.1, 0.15) is 11.6 Å². The first-order chi connectivity index (χ1) is 7.35. The summed E-state index contributed by atoms with van der Waals surface area (Å²) < 4.78 is 5.13. The van der Waals surface area contributed by atoms with E-state index in [0.29, 0.717) is 13.0 Å². The van der Waals surface area contributed by atoms with Crippen molar-refractivity contribution in [2.24, 2.45) is 0 Å². The molecule has 1 aliphatic rings. The average Bonchev–Trinajstić information content (AvgIpc) is 1.97. The summed E-state index contributed by atoms with van der Waals surface area (Å²) in [5.41, 5.74) is 7.65. The number of Topliss-reactive ketones (excluding diaryl/α,β-unsaturated/α-hetero) is 1. The Kier molecular flexibility index (Phi) is 3.44. The molecular formula is C10H15N3O3. The lowest BCUT2D eigenvalue weighted by molar-refractivity contribution is -0.124. The summed E-state index contributed by atoms with van der Waals surface area (Å²) in [6.07, 6.45) is 0.870. The molecule has 1 unspecified atom stereocenters. The second-order valence-electron chi connectivity index (χ2n) is 4.63. The fraction of sp³-hybridized carbons (Fsp3) is 0.700. The molecule has 6 heteroatoms. The highest BCUT2D eigenvalue weighted by Crippen LogP contribution is 2.21. The van der Waals surface area contributed by atoms with Crippen molar-refractivity contribution < 1.29 is 19.1 Å². The molecule has 88 valence electrons. The summed E-state index contributed by atoms with van der Waals surface area (Å²) in [7, 11) is 0. The molecule has 0 bridgehead atoms. The van der Waals surface area contributed by atoms with Crippen LogP contribution in [-0.2, 0) is 9.53 Å². The van der Waals surface area contributed by atoms with Crippen molar-refractivity contribution >= 4 is 18.1 Å². The predicted octanol–water partition coefficient (Wildman–Crippen LogP) is 0.866. The van der Waals surface area contributed by atoms with E-state index in [-0.39, 0.29) is 5.78 Å². The topological polar surface area (TPSA) is 83.0 Å². The number of carbonyl (C=O) groups is 2. The Bertz CT molecular complexity index is 353. The van der Waals surface area contributed by atoms with Gasteiger partial charge in [-0.15, -0.1) is 0 Å². The van der Waals surface area contributed by atoms with E-state index < -0.39 is 17.7 Å². The highest BCUT2D eigenvalue weighted by Gasteiger charge is 2.40. The Hall–Kier alpha value is -1.68. The van der Waals surface area contributed by atoms with Crippen LogP contribution in [0, 0.1) is 0 Å². The van der Waals surface area contributed by atoms with E-state index in [1.807, 2.05) is 0 Å². The SMILES string of the molecule is CC(C)(C)OC(=O)N1CCC1C(=O)C=[N+]=[N-]. The van der Waals surface area contributed by atoms with Gasteiger partial charge in [0.15, 0.2) is 0 Å². The lowest BCUT2D eigenvalue weighted by Gasteiger charge is -2.38. The number of hydrogen-bond donors (Lipinski definition) is 0. The molecule has 6 nitrogen and oxygen atoms in total. The van der Waals surface area contributed by atoms with Gasteiger partial charge in [0.05, 0.1) is 0 Å². The molecule has 1 rings (SSSR count). The van der Waals surface area contributed by atoms with Crippen LogP contribution in [0.2, 0.25) is 0 Å². The van der Waals surface area contributed by atoms with Crippen molar-refractivity contribution in [2.45, 2.75) is 38.8 Å². The van der Waals surface area contributed by atoms with Crippen molar-refractivity contribution in [3.8, 4) is 0 Å². The molecule has 1 atom stereocenters. The van der Waals surface area contributed by atoms with Crippen LogP contribution < -0.4 is 0 Å². The minimum Gasteiger partial charge on any atom is -0.444 e. The van der Waals surface area contributed by atoms with Gasteiger partial charge in [-0.05, 0) is 27.2 Å². The summed E-state index contributed by atoms with van der Waals surface area (Å²) in [6, 6.07) is -0.550. The van der Waals surface area contributed by atoms with Crippen molar-refractivity contribution in [3.05, 3.63) is 5.53 Å². The van der Waals surface area contributed by atoms with Crippen LogP contribution in [0.1, 0.15) is 27.2 Å². The van der Waals surface area contributed by atoms with Gasteiger partial charge in [0.2, 0.25) is 0 Å². The molecule has 0 spiro atoms. The summed E-state index contributed by atoms with van der Waals surface area (Å²) in [5.74, 6) is -0.389. The maximum absolute atomic E-state index is 11.6. The quantitative estimate of drug-likeness (QED) is 0.397. The number of nitrogens with zero attached hydrogens (tertiary/aromatic N) is 3. The molecule has 0 radical (unpaired) electrons. The van der Waals surface area contributed by atoms with Crippen molar-refractivity contribution in [1.82, 2.24) is 4.90 Å². The summed E-state index contributed by atoms with van der Waals surface area (Å²) in [6.45, 7) is 5.77. The molecule has 16 heavy (non-hydrogen) atoms. The molecule has 0 aliphatic carbocycles. The van der Waals surface area contributed by atoms with Gasteiger partial charge in [-0.25, -0.2) is 4.79 Å². The third-order valence-corrected chi connectivity index (χ3v) is 2.16. The van der Waals surface area contributed by atoms with Crippen molar-refractivity contribution in [1.29, 1.82) is 0 Å². The van der Waals surface area contributed by atoms with E-state index in [4.69, 9.17) is 10.3 Å². The van der Waals surface area contributed by atoms with Gasteiger partial charge in [-0.1, -0.05) is 0 Å². The van der Waals surface area contributed by atoms with Gasteiger partial charge in [0.25, 0.3) is 5.78 Å². The summed E-state index contributed by atoms with van der Waals surface area (Å²) in [4.78, 5) is 26.9. The van der Waals surface area contributed by atoms with Gasteiger partial charge < -0.3 is 10.3 Å². The molecule has 1 fully saturated rings. The van der Waals surface area contributed by atoms with Crippen LogP contribution in [0.4, 0.5) is 4.79 Å². The molecular weight excluding hydrogens is 210 g/mol. The van der Waals surface area contributed by atoms with Crippen molar-refractivity contribution in [3.63, 3.8) is 0 Å². The second kappa shape index (κ2) is 4.45. The molecule has 0 saturated carbocycles. The largest absolute Gasteiger partial charge is 0.444 e. The van der Waals surface area contributed by atoms with Crippen LogP contribution >= 0.6 is 0 Å². The fourth-order valence-electron chi connectivity index (χ4n) is 1.37. The Morgan fingerprint density at radius 2 is 2.12 bits per heavy atom. The molecule has 1 aliphatic heterocycles. The maximum Gasteiger partial charge on any atom is 0.410 e. The van der Waals surface area contributed by atoms with E-state index in [1.165, 1.54) is 4.90 Å². The molecule has 1 heterocycles. The van der Waals surface area contributed by atoms with Crippen LogP contribution in [-0.4, -0.2) is 46.0 Å². The molecule has 1 saturated heterocycles. The number of likely N-dealkylation sites (tertiary alicyclic amines) is 1. The monoisotopic (exact) mass is 225 g/mol. The molecule has 0 aromatic rings. The predicted molar refractivity (Wildman–Crippen MR) is 56.0 cm³/mol. The average molecular weight is 225 g/mol. The molecule has 0 N–H and O–H groups in total. The number of ether oxygens (including phenoxy) is 1. The van der Waals surface area contributed by atoms with E-state index in [2.05, 4.69) is 4.79 Å². The Morgan fingerprint density at radius 3 is 2.50 bits per heavy atom. The van der Waals surface area contributed by atoms with Gasteiger partial charge in [0, 0.05) is 6.54 Å². The third-order valence-electron chi connectivity index (χ3n) is 2.16. The number of ketones is 1. The summed E-state index contributed by atoms with van der Waals surface area (Å²) in [5, 5.41) is 0.